The molecule has 1 aliphatic rings. The molecule has 0 N–H and O–H groups in total. The molecule has 0 radical (unpaired) electrons. The zero-order chi connectivity index (χ0) is 21.5. The molecule has 0 amide bonds. The van der Waals surface area contributed by atoms with Crippen LogP contribution in [0.1, 0.15) is 27.7 Å². The molecule has 0 spiro atoms. The first kappa shape index (κ1) is 20.6. The standard InChI is InChI=1S/C24H24BF2NO2/c1-23(2)24(3,4)30-25(29-23)17-13-15-18(16-14-17)28(21-11-7-5-9-19(21)26)22-12-8-6-10-20(22)27/h5-16H,1-4H3. The van der Waals surface area contributed by atoms with Crippen LogP contribution in [0.4, 0.5) is 25.8 Å². The number of anilines is 3. The fourth-order valence-electron chi connectivity index (χ4n) is 3.43. The monoisotopic (exact) mass is 407 g/mol. The van der Waals surface area contributed by atoms with Crippen LogP contribution < -0.4 is 10.4 Å². The zero-order valence-electron chi connectivity index (χ0n) is 17.5. The highest BCUT2D eigenvalue weighted by atomic mass is 19.1. The van der Waals surface area contributed by atoms with Gasteiger partial charge in [0.05, 0.1) is 22.6 Å². The van der Waals surface area contributed by atoms with Gasteiger partial charge in [-0.05, 0) is 69.6 Å². The summed E-state index contributed by atoms with van der Waals surface area (Å²) in [6.45, 7) is 8.00. The van der Waals surface area contributed by atoms with E-state index in [0.29, 0.717) is 5.69 Å². The van der Waals surface area contributed by atoms with E-state index in [1.807, 2.05) is 52.0 Å². The summed E-state index contributed by atoms with van der Waals surface area (Å²) in [5.41, 5.74) is 1.13. The quantitative estimate of drug-likeness (QED) is 0.516. The number of rotatable bonds is 4. The molecule has 0 aromatic heterocycles. The molecule has 154 valence electrons. The van der Waals surface area contributed by atoms with Crippen molar-refractivity contribution in [2.24, 2.45) is 0 Å². The molecule has 1 fully saturated rings. The smallest absolute Gasteiger partial charge is 0.399 e. The molecule has 4 rings (SSSR count). The Morgan fingerprint density at radius 1 is 0.667 bits per heavy atom. The van der Waals surface area contributed by atoms with Crippen molar-refractivity contribution >= 4 is 29.6 Å². The van der Waals surface area contributed by atoms with E-state index in [1.54, 1.807) is 41.3 Å². The van der Waals surface area contributed by atoms with Gasteiger partial charge in [0.25, 0.3) is 0 Å². The number of hydrogen-bond donors (Lipinski definition) is 0. The van der Waals surface area contributed by atoms with Crippen molar-refractivity contribution in [1.29, 1.82) is 0 Å². The fraction of sp³-hybridized carbons (Fsp3) is 0.250. The Morgan fingerprint density at radius 2 is 1.10 bits per heavy atom. The molecule has 3 aromatic carbocycles. The Kier molecular flexibility index (Phi) is 5.16. The van der Waals surface area contributed by atoms with Gasteiger partial charge < -0.3 is 14.2 Å². The maximum absolute atomic E-state index is 14.6. The second kappa shape index (κ2) is 7.53. The molecular formula is C24H24BF2NO2. The minimum Gasteiger partial charge on any atom is -0.399 e. The molecule has 1 aliphatic heterocycles. The molecule has 3 nitrogen and oxygen atoms in total. The van der Waals surface area contributed by atoms with Gasteiger partial charge in [0, 0.05) is 5.69 Å². The predicted molar refractivity (Wildman–Crippen MR) is 117 cm³/mol. The van der Waals surface area contributed by atoms with Gasteiger partial charge in [-0.15, -0.1) is 0 Å². The lowest BCUT2D eigenvalue weighted by Crippen LogP contribution is -2.41. The molecule has 1 heterocycles. The van der Waals surface area contributed by atoms with Crippen LogP contribution >= 0.6 is 0 Å². The van der Waals surface area contributed by atoms with Gasteiger partial charge in [0.2, 0.25) is 0 Å². The van der Waals surface area contributed by atoms with Gasteiger partial charge in [-0.1, -0.05) is 36.4 Å². The number of nitrogens with zero attached hydrogens (tertiary/aromatic N) is 1. The van der Waals surface area contributed by atoms with Crippen molar-refractivity contribution in [3.63, 3.8) is 0 Å². The average molecular weight is 407 g/mol. The number of halogens is 2. The second-order valence-corrected chi connectivity index (χ2v) is 8.42. The summed E-state index contributed by atoms with van der Waals surface area (Å²) in [5.74, 6) is -0.869. The number of benzene rings is 3. The van der Waals surface area contributed by atoms with Crippen LogP contribution in [0.25, 0.3) is 0 Å². The fourth-order valence-corrected chi connectivity index (χ4v) is 3.43. The summed E-state index contributed by atoms with van der Waals surface area (Å²) >= 11 is 0. The molecule has 0 bridgehead atoms. The van der Waals surface area contributed by atoms with Crippen LogP contribution in [-0.4, -0.2) is 18.3 Å². The normalized spacial score (nSPS) is 17.2. The predicted octanol–water partition coefficient (Wildman–Crippen LogP) is 5.73. The first-order chi connectivity index (χ1) is 14.2. The first-order valence-electron chi connectivity index (χ1n) is 9.94. The topological polar surface area (TPSA) is 21.7 Å². The molecule has 3 aromatic rings. The highest BCUT2D eigenvalue weighted by molar-refractivity contribution is 6.62. The van der Waals surface area contributed by atoms with Gasteiger partial charge in [0.15, 0.2) is 0 Å². The summed E-state index contributed by atoms with van der Waals surface area (Å²) in [6, 6.07) is 20.0. The van der Waals surface area contributed by atoms with E-state index < -0.39 is 30.0 Å². The van der Waals surface area contributed by atoms with Crippen LogP contribution in [0, 0.1) is 11.6 Å². The van der Waals surface area contributed by atoms with E-state index in [9.17, 15) is 8.78 Å². The van der Waals surface area contributed by atoms with Crippen LogP contribution in [-0.2, 0) is 9.31 Å². The van der Waals surface area contributed by atoms with Crippen molar-refractivity contribution in [2.45, 2.75) is 38.9 Å². The van der Waals surface area contributed by atoms with Gasteiger partial charge in [-0.3, -0.25) is 0 Å². The largest absolute Gasteiger partial charge is 0.494 e. The van der Waals surface area contributed by atoms with Gasteiger partial charge >= 0.3 is 7.12 Å². The molecule has 0 saturated carbocycles. The second-order valence-electron chi connectivity index (χ2n) is 8.42. The molecule has 0 aliphatic carbocycles. The lowest BCUT2D eigenvalue weighted by atomic mass is 9.79. The van der Waals surface area contributed by atoms with Crippen molar-refractivity contribution < 1.29 is 18.1 Å². The van der Waals surface area contributed by atoms with Crippen LogP contribution in [0.15, 0.2) is 72.8 Å². The maximum atomic E-state index is 14.6. The van der Waals surface area contributed by atoms with Gasteiger partial charge in [-0.2, -0.15) is 0 Å². The Labute approximate surface area is 176 Å². The van der Waals surface area contributed by atoms with Crippen LogP contribution in [0.5, 0.6) is 0 Å². The van der Waals surface area contributed by atoms with E-state index in [4.69, 9.17) is 9.31 Å². The third-order valence-electron chi connectivity index (χ3n) is 5.86. The van der Waals surface area contributed by atoms with E-state index >= 15 is 0 Å². The molecule has 6 heteroatoms. The zero-order valence-corrected chi connectivity index (χ0v) is 17.5. The molecular weight excluding hydrogens is 383 g/mol. The van der Waals surface area contributed by atoms with Crippen molar-refractivity contribution in [1.82, 2.24) is 0 Å². The molecule has 1 saturated heterocycles. The maximum Gasteiger partial charge on any atom is 0.494 e. The van der Waals surface area contributed by atoms with Crippen LogP contribution in [0.2, 0.25) is 0 Å². The summed E-state index contributed by atoms with van der Waals surface area (Å²) in [5, 5.41) is 0. The van der Waals surface area contributed by atoms with Crippen molar-refractivity contribution in [3.8, 4) is 0 Å². The lowest BCUT2D eigenvalue weighted by molar-refractivity contribution is 0.00578. The van der Waals surface area contributed by atoms with Crippen molar-refractivity contribution in [3.05, 3.63) is 84.4 Å². The van der Waals surface area contributed by atoms with Gasteiger partial charge in [0.1, 0.15) is 11.6 Å². The summed E-state index contributed by atoms with van der Waals surface area (Å²) in [4.78, 5) is 1.57. The molecule has 0 atom stereocenters. The minimum absolute atomic E-state index is 0.269. The highest BCUT2D eigenvalue weighted by Crippen LogP contribution is 2.38. The highest BCUT2D eigenvalue weighted by Gasteiger charge is 2.51. The van der Waals surface area contributed by atoms with Gasteiger partial charge in [-0.25, -0.2) is 8.78 Å². The first-order valence-corrected chi connectivity index (χ1v) is 9.94. The van der Waals surface area contributed by atoms with Crippen molar-refractivity contribution in [2.75, 3.05) is 4.90 Å². The Balaban J connectivity index is 1.73. The Morgan fingerprint density at radius 3 is 1.53 bits per heavy atom. The van der Waals surface area contributed by atoms with E-state index in [0.717, 1.165) is 5.46 Å². The average Bonchev–Trinajstić information content (AvgIpc) is 2.93. The van der Waals surface area contributed by atoms with E-state index in [1.165, 1.54) is 12.1 Å². The summed E-state index contributed by atoms with van der Waals surface area (Å²) in [6.07, 6.45) is 0. The summed E-state index contributed by atoms with van der Waals surface area (Å²) in [7, 11) is -0.501. The van der Waals surface area contributed by atoms with E-state index in [-0.39, 0.29) is 11.4 Å². The van der Waals surface area contributed by atoms with E-state index in [2.05, 4.69) is 0 Å². The Hall–Kier alpha value is -2.70. The number of para-hydroxylation sites is 2. The third-order valence-corrected chi connectivity index (χ3v) is 5.86. The minimum atomic E-state index is -0.501. The lowest BCUT2D eigenvalue weighted by Gasteiger charge is -2.32. The Bertz CT molecular complexity index is 992. The SMILES string of the molecule is CC1(C)OB(c2ccc(N(c3ccccc3F)c3ccccc3F)cc2)OC1(C)C. The summed E-state index contributed by atoms with van der Waals surface area (Å²) < 4.78 is 41.5. The molecule has 0 unspecified atom stereocenters. The number of hydrogen-bond acceptors (Lipinski definition) is 3. The third kappa shape index (κ3) is 3.61. The van der Waals surface area contributed by atoms with Crippen LogP contribution in [0.3, 0.4) is 0 Å². The molecule has 30 heavy (non-hydrogen) atoms.